The van der Waals surface area contributed by atoms with Crippen molar-refractivity contribution in [3.8, 4) is 5.88 Å². The molecule has 0 radical (unpaired) electrons. The number of likely N-dealkylation sites (tertiary alicyclic amines) is 1. The fourth-order valence-corrected chi connectivity index (χ4v) is 2.49. The molecule has 2 N–H and O–H groups in total. The topological polar surface area (TPSA) is 67.5 Å². The zero-order valence-corrected chi connectivity index (χ0v) is 11.3. The van der Waals surface area contributed by atoms with Crippen molar-refractivity contribution in [1.29, 1.82) is 0 Å². The first-order chi connectivity index (χ1) is 8.61. The lowest BCUT2D eigenvalue weighted by Gasteiger charge is -2.23. The van der Waals surface area contributed by atoms with E-state index in [0.29, 0.717) is 17.5 Å². The molecule has 0 saturated carbocycles. The molecule has 18 heavy (non-hydrogen) atoms. The predicted octanol–water partition coefficient (Wildman–Crippen LogP) is 0.455. The molecule has 1 aliphatic heterocycles. The first-order valence-electron chi connectivity index (χ1n) is 6.16. The van der Waals surface area contributed by atoms with E-state index in [1.807, 2.05) is 7.05 Å². The standard InChI is InChI=1S/C12H21N5O/c1-16-5-4-9(6-16)7-17(2)11-10(13)12(18-3)15-8-14-11/h8-9H,4-7,13H2,1-3H3. The molecule has 1 atom stereocenters. The number of ether oxygens (including phenoxy) is 1. The first kappa shape index (κ1) is 12.9. The fraction of sp³-hybridized carbons (Fsp3) is 0.667. The minimum atomic E-state index is 0.440. The SMILES string of the molecule is COc1ncnc(N(C)CC2CCN(C)C2)c1N. The van der Waals surface area contributed by atoms with Crippen LogP contribution in [0.4, 0.5) is 11.5 Å². The van der Waals surface area contributed by atoms with Crippen molar-refractivity contribution in [2.45, 2.75) is 6.42 Å². The number of rotatable bonds is 4. The maximum absolute atomic E-state index is 5.99. The zero-order valence-electron chi connectivity index (χ0n) is 11.3. The van der Waals surface area contributed by atoms with Crippen LogP contribution >= 0.6 is 0 Å². The molecular formula is C12H21N5O. The summed E-state index contributed by atoms with van der Waals surface area (Å²) in [7, 11) is 5.73. The van der Waals surface area contributed by atoms with Gasteiger partial charge in [0, 0.05) is 20.1 Å². The summed E-state index contributed by atoms with van der Waals surface area (Å²) < 4.78 is 5.11. The van der Waals surface area contributed by atoms with Gasteiger partial charge in [0.15, 0.2) is 5.82 Å². The molecule has 2 heterocycles. The van der Waals surface area contributed by atoms with Gasteiger partial charge >= 0.3 is 0 Å². The van der Waals surface area contributed by atoms with Crippen molar-refractivity contribution in [2.75, 3.05) is 51.5 Å². The van der Waals surface area contributed by atoms with Crippen LogP contribution in [-0.2, 0) is 0 Å². The number of hydrogen-bond acceptors (Lipinski definition) is 6. The van der Waals surface area contributed by atoms with Crippen LogP contribution in [0.5, 0.6) is 5.88 Å². The zero-order chi connectivity index (χ0) is 13.1. The second-order valence-electron chi connectivity index (χ2n) is 4.92. The van der Waals surface area contributed by atoms with Crippen molar-refractivity contribution in [2.24, 2.45) is 5.92 Å². The summed E-state index contributed by atoms with van der Waals surface area (Å²) in [5.74, 6) is 1.85. The van der Waals surface area contributed by atoms with E-state index < -0.39 is 0 Å². The highest BCUT2D eigenvalue weighted by Gasteiger charge is 2.22. The number of nitrogens with two attached hydrogens (primary N) is 1. The summed E-state index contributed by atoms with van der Waals surface area (Å²) in [6.07, 6.45) is 2.71. The molecule has 0 aromatic carbocycles. The van der Waals surface area contributed by atoms with Gasteiger partial charge in [-0.25, -0.2) is 4.98 Å². The predicted molar refractivity (Wildman–Crippen MR) is 71.9 cm³/mol. The maximum Gasteiger partial charge on any atom is 0.242 e. The Hall–Kier alpha value is -1.56. The van der Waals surface area contributed by atoms with Gasteiger partial charge in [0.2, 0.25) is 5.88 Å². The second-order valence-corrected chi connectivity index (χ2v) is 4.92. The monoisotopic (exact) mass is 251 g/mol. The largest absolute Gasteiger partial charge is 0.479 e. The van der Waals surface area contributed by atoms with Gasteiger partial charge in [-0.15, -0.1) is 0 Å². The van der Waals surface area contributed by atoms with E-state index in [-0.39, 0.29) is 0 Å². The van der Waals surface area contributed by atoms with Crippen LogP contribution < -0.4 is 15.4 Å². The Morgan fingerprint density at radius 2 is 2.33 bits per heavy atom. The van der Waals surface area contributed by atoms with Gasteiger partial charge in [0.05, 0.1) is 7.11 Å². The summed E-state index contributed by atoms with van der Waals surface area (Å²) in [6.45, 7) is 3.25. The molecule has 1 aromatic rings. The number of methoxy groups -OCH3 is 1. The maximum atomic E-state index is 5.99. The van der Waals surface area contributed by atoms with Crippen molar-refractivity contribution in [3.63, 3.8) is 0 Å². The van der Waals surface area contributed by atoms with E-state index in [0.717, 1.165) is 18.9 Å². The van der Waals surface area contributed by atoms with Crippen molar-refractivity contribution >= 4 is 11.5 Å². The summed E-state index contributed by atoms with van der Waals surface area (Å²) in [5.41, 5.74) is 6.50. The molecule has 6 heteroatoms. The van der Waals surface area contributed by atoms with Crippen LogP contribution in [0.25, 0.3) is 0 Å². The third kappa shape index (κ3) is 2.64. The minimum absolute atomic E-state index is 0.440. The number of anilines is 2. The van der Waals surface area contributed by atoms with E-state index in [4.69, 9.17) is 10.5 Å². The molecule has 2 rings (SSSR count). The first-order valence-corrected chi connectivity index (χ1v) is 6.16. The second kappa shape index (κ2) is 5.39. The smallest absolute Gasteiger partial charge is 0.242 e. The van der Waals surface area contributed by atoms with E-state index in [1.54, 1.807) is 7.11 Å². The van der Waals surface area contributed by atoms with E-state index in [2.05, 4.69) is 26.8 Å². The van der Waals surface area contributed by atoms with Gasteiger partial charge in [-0.05, 0) is 25.9 Å². The lowest BCUT2D eigenvalue weighted by molar-refractivity contribution is 0.394. The van der Waals surface area contributed by atoms with Gasteiger partial charge < -0.3 is 20.3 Å². The van der Waals surface area contributed by atoms with E-state index in [1.165, 1.54) is 19.3 Å². The average Bonchev–Trinajstić information content (AvgIpc) is 2.75. The van der Waals surface area contributed by atoms with E-state index in [9.17, 15) is 0 Å². The molecule has 0 bridgehead atoms. The lowest BCUT2D eigenvalue weighted by Crippen LogP contribution is -2.28. The van der Waals surface area contributed by atoms with Crippen LogP contribution in [0, 0.1) is 5.92 Å². The number of nitrogens with zero attached hydrogens (tertiary/aromatic N) is 4. The third-order valence-electron chi connectivity index (χ3n) is 3.40. The Morgan fingerprint density at radius 3 is 2.94 bits per heavy atom. The number of aromatic nitrogens is 2. The molecule has 100 valence electrons. The lowest BCUT2D eigenvalue weighted by atomic mass is 10.1. The van der Waals surface area contributed by atoms with Crippen LogP contribution in [0.15, 0.2) is 6.33 Å². The van der Waals surface area contributed by atoms with Crippen LogP contribution in [0.1, 0.15) is 6.42 Å². The van der Waals surface area contributed by atoms with Crippen molar-refractivity contribution < 1.29 is 4.74 Å². The van der Waals surface area contributed by atoms with E-state index >= 15 is 0 Å². The Morgan fingerprint density at radius 1 is 1.56 bits per heavy atom. The van der Waals surface area contributed by atoms with Gasteiger partial charge in [-0.3, -0.25) is 0 Å². The van der Waals surface area contributed by atoms with Gasteiger partial charge in [-0.2, -0.15) is 4.98 Å². The van der Waals surface area contributed by atoms with Gasteiger partial charge in [0.25, 0.3) is 0 Å². The Kier molecular flexibility index (Phi) is 3.86. The molecule has 0 amide bonds. The minimum Gasteiger partial charge on any atom is -0.479 e. The molecule has 1 unspecified atom stereocenters. The van der Waals surface area contributed by atoms with Gasteiger partial charge in [0.1, 0.15) is 12.0 Å². The quantitative estimate of drug-likeness (QED) is 0.838. The Labute approximate surface area is 108 Å². The molecule has 1 fully saturated rings. The molecule has 1 saturated heterocycles. The van der Waals surface area contributed by atoms with Crippen LogP contribution in [0.3, 0.4) is 0 Å². The molecule has 1 aromatic heterocycles. The Bertz CT molecular complexity index is 411. The highest BCUT2D eigenvalue weighted by molar-refractivity contribution is 5.67. The molecule has 6 nitrogen and oxygen atoms in total. The summed E-state index contributed by atoms with van der Waals surface area (Å²) in [6, 6.07) is 0. The third-order valence-corrected chi connectivity index (χ3v) is 3.40. The summed E-state index contributed by atoms with van der Waals surface area (Å²) in [4.78, 5) is 12.7. The van der Waals surface area contributed by atoms with Gasteiger partial charge in [-0.1, -0.05) is 0 Å². The van der Waals surface area contributed by atoms with Crippen molar-refractivity contribution in [3.05, 3.63) is 6.33 Å². The average molecular weight is 251 g/mol. The number of hydrogen-bond donors (Lipinski definition) is 1. The number of nitrogen functional groups attached to an aromatic ring is 1. The fourth-order valence-electron chi connectivity index (χ4n) is 2.49. The molecule has 0 spiro atoms. The van der Waals surface area contributed by atoms with Crippen LogP contribution in [0.2, 0.25) is 0 Å². The molecule has 0 aliphatic carbocycles. The van der Waals surface area contributed by atoms with Crippen molar-refractivity contribution in [1.82, 2.24) is 14.9 Å². The highest BCUT2D eigenvalue weighted by Crippen LogP contribution is 2.28. The van der Waals surface area contributed by atoms with Crippen LogP contribution in [-0.4, -0.2) is 55.7 Å². The molecule has 1 aliphatic rings. The summed E-state index contributed by atoms with van der Waals surface area (Å²) >= 11 is 0. The molecular weight excluding hydrogens is 230 g/mol. The highest BCUT2D eigenvalue weighted by atomic mass is 16.5. The Balaban J connectivity index is 2.06. The summed E-state index contributed by atoms with van der Waals surface area (Å²) in [5, 5.41) is 0. The normalized spacial score (nSPS) is 20.1.